The molecule has 0 saturated carbocycles. The molecule has 0 bridgehead atoms. The van der Waals surface area contributed by atoms with Gasteiger partial charge in [0.05, 0.1) is 6.10 Å². The van der Waals surface area contributed by atoms with E-state index in [9.17, 15) is 4.79 Å². The Morgan fingerprint density at radius 1 is 1.42 bits per heavy atom. The molecule has 130 valence electrons. The van der Waals surface area contributed by atoms with Gasteiger partial charge in [-0.3, -0.25) is 9.69 Å². The van der Waals surface area contributed by atoms with Crippen molar-refractivity contribution in [1.82, 2.24) is 9.80 Å². The summed E-state index contributed by atoms with van der Waals surface area (Å²) in [6.07, 6.45) is 1.20. The number of benzene rings is 1. The zero-order chi connectivity index (χ0) is 17.4. The van der Waals surface area contributed by atoms with Crippen LogP contribution in [0.3, 0.4) is 0 Å². The van der Waals surface area contributed by atoms with Crippen LogP contribution in [0.4, 0.5) is 0 Å². The van der Waals surface area contributed by atoms with E-state index in [1.807, 2.05) is 39.1 Å². The van der Waals surface area contributed by atoms with E-state index in [0.29, 0.717) is 18.3 Å². The normalized spacial score (nSPS) is 21.5. The smallest absolute Gasteiger partial charge is 0.289 e. The van der Waals surface area contributed by atoms with Crippen molar-refractivity contribution in [3.63, 3.8) is 0 Å². The van der Waals surface area contributed by atoms with Gasteiger partial charge in [-0.05, 0) is 32.9 Å². The quantitative estimate of drug-likeness (QED) is 0.865. The van der Waals surface area contributed by atoms with Crippen molar-refractivity contribution in [3.05, 3.63) is 35.1 Å². The molecule has 0 unspecified atom stereocenters. The van der Waals surface area contributed by atoms with Gasteiger partial charge in [0, 0.05) is 44.2 Å². The molecular formula is C19H26N2O3. The molecule has 1 aliphatic rings. The molecular weight excluding hydrogens is 304 g/mol. The Labute approximate surface area is 143 Å². The van der Waals surface area contributed by atoms with Crippen molar-refractivity contribution in [2.75, 3.05) is 34.3 Å². The van der Waals surface area contributed by atoms with Crippen molar-refractivity contribution in [3.8, 4) is 0 Å². The summed E-state index contributed by atoms with van der Waals surface area (Å²) in [7, 11) is 5.67. The first-order valence-electron chi connectivity index (χ1n) is 8.39. The minimum absolute atomic E-state index is 0.0580. The molecule has 0 spiro atoms. The lowest BCUT2D eigenvalue weighted by Gasteiger charge is -2.25. The van der Waals surface area contributed by atoms with Gasteiger partial charge in [0.1, 0.15) is 5.58 Å². The van der Waals surface area contributed by atoms with E-state index in [4.69, 9.17) is 9.15 Å². The fourth-order valence-electron chi connectivity index (χ4n) is 3.57. The Kier molecular flexibility index (Phi) is 4.65. The Morgan fingerprint density at radius 2 is 2.17 bits per heavy atom. The number of amides is 1. The van der Waals surface area contributed by atoms with Gasteiger partial charge in [0.25, 0.3) is 5.91 Å². The van der Waals surface area contributed by atoms with E-state index < -0.39 is 0 Å². The van der Waals surface area contributed by atoms with Crippen LogP contribution in [0, 0.1) is 13.8 Å². The largest absolute Gasteiger partial charge is 0.450 e. The van der Waals surface area contributed by atoms with Gasteiger partial charge >= 0.3 is 0 Å². The Hall–Kier alpha value is -1.85. The number of hydrogen-bond acceptors (Lipinski definition) is 4. The number of fused-ring (bicyclic) bond motifs is 1. The SMILES string of the molecule is CO[C@H]1C[C@@H](CN(C)C(=O)c2oc3c(C)cccc3c2C)N(C)C1. The summed E-state index contributed by atoms with van der Waals surface area (Å²) in [4.78, 5) is 16.9. The molecule has 1 amide bonds. The Morgan fingerprint density at radius 3 is 2.79 bits per heavy atom. The van der Waals surface area contributed by atoms with Crippen LogP contribution in [0.5, 0.6) is 0 Å². The fourth-order valence-corrected chi connectivity index (χ4v) is 3.57. The van der Waals surface area contributed by atoms with Gasteiger partial charge < -0.3 is 14.1 Å². The molecule has 3 rings (SSSR count). The maximum absolute atomic E-state index is 12.9. The van der Waals surface area contributed by atoms with E-state index in [-0.39, 0.29) is 12.0 Å². The number of likely N-dealkylation sites (N-methyl/N-ethyl adjacent to an activating group) is 2. The third-order valence-electron chi connectivity index (χ3n) is 5.17. The summed E-state index contributed by atoms with van der Waals surface area (Å²) in [5.41, 5.74) is 2.78. The van der Waals surface area contributed by atoms with E-state index in [2.05, 4.69) is 11.9 Å². The molecule has 1 aromatic carbocycles. The zero-order valence-electron chi connectivity index (χ0n) is 15.1. The third kappa shape index (κ3) is 2.94. The Bertz CT molecular complexity index is 752. The molecule has 5 heteroatoms. The number of hydrogen-bond donors (Lipinski definition) is 0. The third-order valence-corrected chi connectivity index (χ3v) is 5.17. The van der Waals surface area contributed by atoms with Crippen LogP contribution in [0.1, 0.15) is 28.1 Å². The average molecular weight is 330 g/mol. The lowest BCUT2D eigenvalue weighted by Crippen LogP contribution is -2.39. The second-order valence-electron chi connectivity index (χ2n) is 6.88. The summed E-state index contributed by atoms with van der Waals surface area (Å²) in [5.74, 6) is 0.392. The van der Waals surface area contributed by atoms with Crippen molar-refractivity contribution < 1.29 is 13.9 Å². The van der Waals surface area contributed by atoms with Crippen LogP contribution >= 0.6 is 0 Å². The summed E-state index contributed by atoms with van der Waals surface area (Å²) < 4.78 is 11.4. The van der Waals surface area contributed by atoms with E-state index in [0.717, 1.165) is 35.1 Å². The highest BCUT2D eigenvalue weighted by molar-refractivity contribution is 5.99. The topological polar surface area (TPSA) is 45.9 Å². The first-order valence-corrected chi connectivity index (χ1v) is 8.39. The van der Waals surface area contributed by atoms with E-state index in [1.165, 1.54) is 0 Å². The van der Waals surface area contributed by atoms with Gasteiger partial charge in [0.15, 0.2) is 5.76 Å². The summed E-state index contributed by atoms with van der Waals surface area (Å²) in [6.45, 7) is 5.54. The van der Waals surface area contributed by atoms with Crippen LogP contribution in [-0.4, -0.2) is 62.1 Å². The highest BCUT2D eigenvalue weighted by atomic mass is 16.5. The van der Waals surface area contributed by atoms with Crippen molar-refractivity contribution >= 4 is 16.9 Å². The number of para-hydroxylation sites is 1. The summed E-state index contributed by atoms with van der Waals surface area (Å²) in [5, 5.41) is 1.02. The molecule has 2 heterocycles. The molecule has 5 nitrogen and oxygen atoms in total. The minimum Gasteiger partial charge on any atom is -0.450 e. The molecule has 1 aromatic heterocycles. The average Bonchev–Trinajstić information content (AvgIpc) is 3.08. The predicted molar refractivity (Wildman–Crippen MR) is 94.5 cm³/mol. The van der Waals surface area contributed by atoms with Gasteiger partial charge in [0.2, 0.25) is 0 Å². The first-order chi connectivity index (χ1) is 11.4. The maximum atomic E-state index is 12.9. The monoisotopic (exact) mass is 330 g/mol. The molecule has 24 heavy (non-hydrogen) atoms. The lowest BCUT2D eigenvalue weighted by molar-refractivity contribution is 0.0730. The second-order valence-corrected chi connectivity index (χ2v) is 6.88. The molecule has 0 aliphatic carbocycles. The molecule has 2 aromatic rings. The minimum atomic E-state index is -0.0580. The van der Waals surface area contributed by atoms with Crippen LogP contribution in [-0.2, 0) is 4.74 Å². The Balaban J connectivity index is 1.79. The number of furan rings is 1. The van der Waals surface area contributed by atoms with Crippen LogP contribution < -0.4 is 0 Å². The molecule has 1 saturated heterocycles. The molecule has 0 N–H and O–H groups in total. The van der Waals surface area contributed by atoms with Crippen LogP contribution in [0.25, 0.3) is 11.0 Å². The zero-order valence-corrected chi connectivity index (χ0v) is 15.1. The van der Waals surface area contributed by atoms with Crippen LogP contribution in [0.2, 0.25) is 0 Å². The van der Waals surface area contributed by atoms with E-state index >= 15 is 0 Å². The fraction of sp³-hybridized carbons (Fsp3) is 0.526. The van der Waals surface area contributed by atoms with Crippen molar-refractivity contribution in [2.24, 2.45) is 0 Å². The van der Waals surface area contributed by atoms with Gasteiger partial charge in [-0.1, -0.05) is 18.2 Å². The van der Waals surface area contributed by atoms with Gasteiger partial charge in [-0.25, -0.2) is 0 Å². The maximum Gasteiger partial charge on any atom is 0.289 e. The first kappa shape index (κ1) is 17.0. The number of aryl methyl sites for hydroxylation is 2. The number of nitrogens with zero attached hydrogens (tertiary/aromatic N) is 2. The number of ether oxygens (including phenoxy) is 1. The number of methoxy groups -OCH3 is 1. The molecule has 2 atom stereocenters. The molecule has 1 fully saturated rings. The number of carbonyl (C=O) groups excluding carboxylic acids is 1. The number of carbonyl (C=O) groups is 1. The molecule has 1 aliphatic heterocycles. The number of rotatable bonds is 4. The van der Waals surface area contributed by atoms with Crippen molar-refractivity contribution in [2.45, 2.75) is 32.4 Å². The van der Waals surface area contributed by atoms with Gasteiger partial charge in [-0.15, -0.1) is 0 Å². The van der Waals surface area contributed by atoms with E-state index in [1.54, 1.807) is 12.0 Å². The second kappa shape index (κ2) is 6.57. The summed E-state index contributed by atoms with van der Waals surface area (Å²) >= 11 is 0. The van der Waals surface area contributed by atoms with Gasteiger partial charge in [-0.2, -0.15) is 0 Å². The standard InChI is InChI=1S/C19H26N2O3/c1-12-7-6-8-16-13(2)18(24-17(12)16)19(22)21(4)10-14-9-15(23-5)11-20(14)3/h6-8,14-15H,9-11H2,1-5H3/t14-,15-/m0/s1. The van der Waals surface area contributed by atoms with Crippen LogP contribution in [0.15, 0.2) is 22.6 Å². The number of likely N-dealkylation sites (tertiary alicyclic amines) is 1. The highest BCUT2D eigenvalue weighted by Crippen LogP contribution is 2.28. The molecule has 0 radical (unpaired) electrons. The summed E-state index contributed by atoms with van der Waals surface area (Å²) in [6, 6.07) is 6.32. The van der Waals surface area contributed by atoms with Crippen molar-refractivity contribution in [1.29, 1.82) is 0 Å². The highest BCUT2D eigenvalue weighted by Gasteiger charge is 2.32. The lowest BCUT2D eigenvalue weighted by atomic mass is 10.1. The predicted octanol–water partition coefficient (Wildman–Crippen LogP) is 2.84.